The van der Waals surface area contributed by atoms with Crippen LogP contribution in [0.2, 0.25) is 0 Å². The van der Waals surface area contributed by atoms with Crippen molar-refractivity contribution < 1.29 is 19.2 Å². The molecule has 0 aromatic carbocycles. The molecule has 0 bridgehead atoms. The minimum Gasteiger partial charge on any atom is -0.365 e. The Labute approximate surface area is 163 Å². The third-order valence-electron chi connectivity index (χ3n) is 5.20. The van der Waals surface area contributed by atoms with Crippen molar-refractivity contribution in [1.29, 1.82) is 0 Å². The Morgan fingerprint density at radius 2 is 2.07 bits per heavy atom. The number of aromatic nitrogens is 2. The van der Waals surface area contributed by atoms with Gasteiger partial charge in [-0.1, -0.05) is 32.1 Å². The molecule has 2 aliphatic carbocycles. The highest BCUT2D eigenvalue weighted by atomic mass is 19.1. The fraction of sp³-hybridized carbons (Fsp3) is 0.667. The molecule has 0 spiro atoms. The van der Waals surface area contributed by atoms with Crippen LogP contribution in [0.1, 0.15) is 51.4 Å². The molecular weight excluding hydrogens is 367 g/mol. The molecular formula is C18H27FN6O3. The smallest absolute Gasteiger partial charge is 0.243 e. The maximum atomic E-state index is 13.8. The predicted molar refractivity (Wildman–Crippen MR) is 99.6 cm³/mol. The summed E-state index contributed by atoms with van der Waals surface area (Å²) < 4.78 is 13.8. The average molecular weight is 394 g/mol. The van der Waals surface area contributed by atoms with Crippen LogP contribution in [0.15, 0.2) is 6.20 Å². The van der Waals surface area contributed by atoms with Crippen LogP contribution in [0.3, 0.4) is 0 Å². The molecule has 154 valence electrons. The number of rotatable bonds is 10. The molecule has 2 saturated carbocycles. The molecule has 10 heteroatoms. The maximum Gasteiger partial charge on any atom is 0.243 e. The van der Waals surface area contributed by atoms with E-state index in [2.05, 4.69) is 26.1 Å². The first kappa shape index (κ1) is 20.2. The number of hydroxylamine groups is 2. The normalized spacial score (nSPS) is 18.2. The van der Waals surface area contributed by atoms with Gasteiger partial charge in [0, 0.05) is 6.04 Å². The summed E-state index contributed by atoms with van der Waals surface area (Å²) in [6.45, 7) is -0.0910. The highest BCUT2D eigenvalue weighted by Crippen LogP contribution is 2.29. The highest BCUT2D eigenvalue weighted by molar-refractivity contribution is 5.80. The van der Waals surface area contributed by atoms with Crippen molar-refractivity contribution in [3.8, 4) is 0 Å². The zero-order valence-corrected chi connectivity index (χ0v) is 15.7. The molecule has 0 aliphatic heterocycles. The van der Waals surface area contributed by atoms with Gasteiger partial charge in [-0.25, -0.2) is 14.4 Å². The Balaban J connectivity index is 1.57. The van der Waals surface area contributed by atoms with Gasteiger partial charge in [0.15, 0.2) is 11.6 Å². The van der Waals surface area contributed by atoms with E-state index in [-0.39, 0.29) is 36.7 Å². The van der Waals surface area contributed by atoms with E-state index in [0.717, 1.165) is 44.7 Å². The van der Waals surface area contributed by atoms with E-state index in [9.17, 15) is 19.2 Å². The van der Waals surface area contributed by atoms with Crippen LogP contribution >= 0.6 is 0 Å². The summed E-state index contributed by atoms with van der Waals surface area (Å²) in [7, 11) is 0. The Bertz CT molecular complexity index is 681. The number of hydrazine groups is 1. The third kappa shape index (κ3) is 6.01. The molecule has 1 atom stereocenters. The van der Waals surface area contributed by atoms with E-state index in [0.29, 0.717) is 17.4 Å². The molecule has 28 heavy (non-hydrogen) atoms. The lowest BCUT2D eigenvalue weighted by Gasteiger charge is -2.27. The first-order valence-electron chi connectivity index (χ1n) is 9.81. The van der Waals surface area contributed by atoms with Gasteiger partial charge in [-0.05, 0) is 25.2 Å². The second-order valence-electron chi connectivity index (χ2n) is 7.59. The summed E-state index contributed by atoms with van der Waals surface area (Å²) in [6, 6.07) is 0.227. The van der Waals surface area contributed by atoms with Gasteiger partial charge in [-0.3, -0.25) is 25.6 Å². The minimum atomic E-state index is -0.574. The minimum absolute atomic E-state index is 0.0607. The molecule has 1 aromatic rings. The zero-order chi connectivity index (χ0) is 19.9. The monoisotopic (exact) mass is 394 g/mol. The lowest BCUT2D eigenvalue weighted by atomic mass is 9.82. The number of anilines is 2. The first-order valence-corrected chi connectivity index (χ1v) is 9.81. The molecule has 2 amide bonds. The fourth-order valence-corrected chi connectivity index (χ4v) is 3.53. The van der Waals surface area contributed by atoms with Crippen LogP contribution in [-0.4, -0.2) is 45.1 Å². The van der Waals surface area contributed by atoms with Crippen molar-refractivity contribution in [3.63, 3.8) is 0 Å². The molecule has 1 aromatic heterocycles. The lowest BCUT2D eigenvalue weighted by molar-refractivity contribution is -0.155. The van der Waals surface area contributed by atoms with Crippen molar-refractivity contribution in [1.82, 2.24) is 20.5 Å². The summed E-state index contributed by atoms with van der Waals surface area (Å²) >= 11 is 0. The summed E-state index contributed by atoms with van der Waals surface area (Å²) in [4.78, 5) is 31.2. The van der Waals surface area contributed by atoms with Crippen molar-refractivity contribution in [2.45, 2.75) is 57.4 Å². The van der Waals surface area contributed by atoms with Crippen molar-refractivity contribution >= 4 is 24.1 Å². The second kappa shape index (κ2) is 9.63. The summed E-state index contributed by atoms with van der Waals surface area (Å²) in [6.07, 6.45) is 9.40. The maximum absolute atomic E-state index is 13.8. The van der Waals surface area contributed by atoms with Gasteiger partial charge in [0.25, 0.3) is 0 Å². The topological polar surface area (TPSA) is 119 Å². The van der Waals surface area contributed by atoms with E-state index in [4.69, 9.17) is 0 Å². The Morgan fingerprint density at radius 1 is 1.32 bits per heavy atom. The molecule has 3 rings (SSSR count). The Hall–Kier alpha value is -2.49. The zero-order valence-electron chi connectivity index (χ0n) is 15.7. The van der Waals surface area contributed by atoms with E-state index >= 15 is 0 Å². The van der Waals surface area contributed by atoms with Gasteiger partial charge in [0.1, 0.15) is 0 Å². The van der Waals surface area contributed by atoms with E-state index in [1.165, 1.54) is 6.42 Å². The molecule has 2 fully saturated rings. The van der Waals surface area contributed by atoms with E-state index < -0.39 is 11.7 Å². The number of hydrogen-bond acceptors (Lipinski definition) is 7. The third-order valence-corrected chi connectivity index (χ3v) is 5.20. The highest BCUT2D eigenvalue weighted by Gasteiger charge is 2.27. The molecule has 2 aliphatic rings. The first-order chi connectivity index (χ1) is 13.5. The number of nitrogens with zero attached hydrogens (tertiary/aromatic N) is 3. The fourth-order valence-electron chi connectivity index (χ4n) is 3.53. The number of hydrogen-bond donors (Lipinski definition) is 4. The van der Waals surface area contributed by atoms with Gasteiger partial charge in [0.05, 0.1) is 18.7 Å². The summed E-state index contributed by atoms with van der Waals surface area (Å²) in [5, 5.41) is 13.0. The van der Waals surface area contributed by atoms with E-state index in [1.807, 2.05) is 0 Å². The van der Waals surface area contributed by atoms with Crippen molar-refractivity contribution in [2.75, 3.05) is 17.3 Å². The number of amides is 2. The van der Waals surface area contributed by atoms with Gasteiger partial charge in [-0.2, -0.15) is 4.98 Å². The van der Waals surface area contributed by atoms with Gasteiger partial charge in [-0.15, -0.1) is 0 Å². The van der Waals surface area contributed by atoms with Crippen LogP contribution in [0.4, 0.5) is 16.2 Å². The second-order valence-corrected chi connectivity index (χ2v) is 7.59. The van der Waals surface area contributed by atoms with Crippen molar-refractivity contribution in [2.24, 2.45) is 11.8 Å². The Morgan fingerprint density at radius 3 is 2.75 bits per heavy atom. The van der Waals surface area contributed by atoms with Crippen LogP contribution in [0.25, 0.3) is 0 Å². The number of carbonyl (C=O) groups excluding carboxylic acids is 2. The van der Waals surface area contributed by atoms with Gasteiger partial charge >= 0.3 is 0 Å². The van der Waals surface area contributed by atoms with Crippen molar-refractivity contribution in [3.05, 3.63) is 12.0 Å². The van der Waals surface area contributed by atoms with Crippen LogP contribution in [-0.2, 0) is 9.59 Å². The van der Waals surface area contributed by atoms with E-state index in [1.54, 1.807) is 0 Å². The molecule has 0 radical (unpaired) electrons. The lowest BCUT2D eigenvalue weighted by Crippen LogP contribution is -2.41. The predicted octanol–water partition coefficient (Wildman–Crippen LogP) is 2.07. The molecule has 9 nitrogen and oxygen atoms in total. The standard InChI is InChI=1S/C18H27FN6O3/c19-15-9-20-18(22-16(15)21-14-6-7-14)24-23-17(27)13(10-25(28)11-26)8-12-4-2-1-3-5-12/h9,11-14,28H,1-8,10H2,(H,23,27)(H2,20,21,22,24)/t13-/m1/s1. The number of carbonyl (C=O) groups is 2. The van der Waals surface area contributed by atoms with Crippen LogP contribution < -0.4 is 16.2 Å². The number of halogens is 1. The molecule has 0 unspecified atom stereocenters. The average Bonchev–Trinajstić information content (AvgIpc) is 3.52. The largest absolute Gasteiger partial charge is 0.365 e. The summed E-state index contributed by atoms with van der Waals surface area (Å²) in [5.41, 5.74) is 5.11. The van der Waals surface area contributed by atoms with Gasteiger partial charge < -0.3 is 5.32 Å². The molecule has 0 saturated heterocycles. The van der Waals surface area contributed by atoms with Crippen LogP contribution in [0, 0.1) is 17.7 Å². The summed E-state index contributed by atoms with van der Waals surface area (Å²) in [5.74, 6) is -0.964. The number of nitrogens with one attached hydrogen (secondary N) is 3. The molecule has 4 N–H and O–H groups in total. The quantitative estimate of drug-likeness (QED) is 0.272. The van der Waals surface area contributed by atoms with Gasteiger partial charge in [0.2, 0.25) is 18.3 Å². The Kier molecular flexibility index (Phi) is 6.96. The SMILES string of the molecule is O=CN(O)C[C@@H](CC1CCCCC1)C(=O)NNc1ncc(F)c(NC2CC2)n1. The van der Waals surface area contributed by atoms with Crippen LogP contribution in [0.5, 0.6) is 0 Å². The molecule has 1 heterocycles.